The number of nitrogens with zero attached hydrogens (tertiary/aromatic N) is 1. The van der Waals surface area contributed by atoms with Crippen LogP contribution in [0.4, 0.5) is 17.1 Å². The molecule has 308 valence electrons. The van der Waals surface area contributed by atoms with Crippen LogP contribution >= 0.6 is 0 Å². The van der Waals surface area contributed by atoms with Crippen LogP contribution in [0.1, 0.15) is 47.2 Å². The van der Waals surface area contributed by atoms with Crippen molar-refractivity contribution in [2.24, 2.45) is 0 Å². The average Bonchev–Trinajstić information content (AvgIpc) is 3.68. The summed E-state index contributed by atoms with van der Waals surface area (Å²) < 4.78 is 0. The Bertz CT molecular complexity index is 3270. The molecule has 1 spiro atoms. The summed E-state index contributed by atoms with van der Waals surface area (Å²) in [6.07, 6.45) is 0. The molecule has 0 amide bonds. The Labute approximate surface area is 382 Å². The first-order valence-electron chi connectivity index (χ1n) is 22.8. The molecule has 2 aliphatic rings. The number of rotatable bonds is 7. The van der Waals surface area contributed by atoms with Crippen LogP contribution in [-0.2, 0) is 10.8 Å². The molecule has 1 heteroatoms. The fourth-order valence-electron chi connectivity index (χ4n) is 11.1. The van der Waals surface area contributed by atoms with Gasteiger partial charge in [-0.2, -0.15) is 0 Å². The zero-order valence-corrected chi connectivity index (χ0v) is 36.6. The van der Waals surface area contributed by atoms with E-state index in [-0.39, 0.29) is 5.41 Å². The molecule has 0 N–H and O–H groups in total. The summed E-state index contributed by atoms with van der Waals surface area (Å²) >= 11 is 0. The second kappa shape index (κ2) is 15.4. The van der Waals surface area contributed by atoms with Gasteiger partial charge in [-0.25, -0.2) is 0 Å². The zero-order chi connectivity index (χ0) is 43.5. The van der Waals surface area contributed by atoms with Crippen molar-refractivity contribution in [2.75, 3.05) is 4.90 Å². The minimum absolute atomic E-state index is 0.207. The number of fused-ring (bicyclic) bond motifs is 9. The topological polar surface area (TPSA) is 3.24 Å². The van der Waals surface area contributed by atoms with Gasteiger partial charge < -0.3 is 4.90 Å². The Kier molecular flexibility index (Phi) is 9.14. The molecule has 0 aromatic heterocycles. The molecular weight excluding hydrogens is 783 g/mol. The molecule has 0 aliphatic heterocycles. The Morgan fingerprint density at radius 3 is 1.20 bits per heavy atom. The van der Waals surface area contributed by atoms with E-state index in [1.165, 1.54) is 89.0 Å². The van der Waals surface area contributed by atoms with Gasteiger partial charge in [-0.3, -0.25) is 0 Å². The summed E-state index contributed by atoms with van der Waals surface area (Å²) in [5, 5.41) is 0. The first kappa shape index (κ1) is 38.7. The monoisotopic (exact) mass is 829 g/mol. The van der Waals surface area contributed by atoms with E-state index in [0.29, 0.717) is 0 Å². The van der Waals surface area contributed by atoms with Crippen molar-refractivity contribution in [1.82, 2.24) is 0 Å². The number of hydrogen-bond donors (Lipinski definition) is 0. The number of benzene rings is 10. The van der Waals surface area contributed by atoms with Gasteiger partial charge >= 0.3 is 0 Å². The van der Waals surface area contributed by atoms with Crippen LogP contribution in [0.5, 0.6) is 0 Å². The van der Waals surface area contributed by atoms with Crippen molar-refractivity contribution in [3.05, 3.63) is 282 Å². The molecule has 0 heterocycles. The molecule has 1 unspecified atom stereocenters. The van der Waals surface area contributed by atoms with Gasteiger partial charge in [0.1, 0.15) is 0 Å². The molecule has 1 nitrogen and oxygen atoms in total. The molecule has 10 aromatic rings. The standard InChI is InChI=1S/C64H47N/c1-63(2)57-26-14-15-27-59(57)64(56-25-13-12-23-55(56)62-54(24-16-28-60(62)64)49-21-10-5-11-22-49)61-43-50(35-42-58(61)63)48-33-40-53(41-34-48)65(51-36-29-46(30-37-51)44-17-6-3-7-18-44)52-38-31-47(32-39-52)45-19-8-4-9-20-45/h3-43H,1-2H3. The lowest BCUT2D eigenvalue weighted by Gasteiger charge is -2.47. The summed E-state index contributed by atoms with van der Waals surface area (Å²) in [7, 11) is 0. The van der Waals surface area contributed by atoms with E-state index in [2.05, 4.69) is 267 Å². The smallest absolute Gasteiger partial charge is 0.0719 e. The first-order chi connectivity index (χ1) is 32.0. The predicted octanol–water partition coefficient (Wildman–Crippen LogP) is 16.8. The molecule has 65 heavy (non-hydrogen) atoms. The lowest BCUT2D eigenvalue weighted by molar-refractivity contribution is 0.563. The molecule has 12 rings (SSSR count). The van der Waals surface area contributed by atoms with Gasteiger partial charge in [0.2, 0.25) is 0 Å². The van der Waals surface area contributed by atoms with Crippen LogP contribution < -0.4 is 4.90 Å². The molecule has 0 saturated heterocycles. The van der Waals surface area contributed by atoms with E-state index in [0.717, 1.165) is 17.1 Å². The van der Waals surface area contributed by atoms with Crippen LogP contribution in [0.2, 0.25) is 0 Å². The van der Waals surface area contributed by atoms with Crippen LogP contribution in [0.25, 0.3) is 55.6 Å². The average molecular weight is 830 g/mol. The highest BCUT2D eigenvalue weighted by atomic mass is 15.1. The summed E-state index contributed by atoms with van der Waals surface area (Å²) in [5.74, 6) is 0. The molecule has 0 saturated carbocycles. The molecule has 0 radical (unpaired) electrons. The highest BCUT2D eigenvalue weighted by Gasteiger charge is 2.53. The fourth-order valence-corrected chi connectivity index (χ4v) is 11.1. The van der Waals surface area contributed by atoms with E-state index < -0.39 is 5.41 Å². The van der Waals surface area contributed by atoms with Crippen molar-refractivity contribution in [3.63, 3.8) is 0 Å². The molecule has 2 aliphatic carbocycles. The Morgan fingerprint density at radius 2 is 0.646 bits per heavy atom. The molecule has 1 atom stereocenters. The number of hydrogen-bond acceptors (Lipinski definition) is 1. The van der Waals surface area contributed by atoms with Gasteiger partial charge in [0, 0.05) is 22.5 Å². The van der Waals surface area contributed by atoms with Crippen molar-refractivity contribution < 1.29 is 0 Å². The maximum absolute atomic E-state index is 2.52. The van der Waals surface area contributed by atoms with E-state index in [1.807, 2.05) is 0 Å². The molecule has 0 fully saturated rings. The van der Waals surface area contributed by atoms with E-state index in [9.17, 15) is 0 Å². The van der Waals surface area contributed by atoms with Crippen LogP contribution in [0.15, 0.2) is 249 Å². The summed E-state index contributed by atoms with van der Waals surface area (Å²) in [4.78, 5) is 2.37. The molecule has 0 bridgehead atoms. The Hall–Kier alpha value is -8.00. The Morgan fingerprint density at radius 1 is 0.262 bits per heavy atom. The van der Waals surface area contributed by atoms with Gasteiger partial charge in [0.25, 0.3) is 0 Å². The van der Waals surface area contributed by atoms with E-state index >= 15 is 0 Å². The second-order valence-electron chi connectivity index (χ2n) is 18.0. The minimum atomic E-state index is -0.497. The summed E-state index contributed by atoms with van der Waals surface area (Å²) in [5.41, 5.74) is 23.2. The predicted molar refractivity (Wildman–Crippen MR) is 272 cm³/mol. The van der Waals surface area contributed by atoms with Crippen LogP contribution in [0, 0.1) is 0 Å². The van der Waals surface area contributed by atoms with Crippen molar-refractivity contribution in [3.8, 4) is 55.6 Å². The zero-order valence-electron chi connectivity index (χ0n) is 36.6. The normalized spacial score (nSPS) is 15.1. The third-order valence-electron chi connectivity index (χ3n) is 14.2. The van der Waals surface area contributed by atoms with Gasteiger partial charge in [0.05, 0.1) is 5.41 Å². The van der Waals surface area contributed by atoms with E-state index in [4.69, 9.17) is 0 Å². The van der Waals surface area contributed by atoms with Crippen molar-refractivity contribution in [2.45, 2.75) is 24.7 Å². The molecular formula is C64H47N. The summed E-state index contributed by atoms with van der Waals surface area (Å²) in [6, 6.07) is 91.8. The quantitative estimate of drug-likeness (QED) is 0.155. The fraction of sp³-hybridized carbons (Fsp3) is 0.0625. The van der Waals surface area contributed by atoms with Gasteiger partial charge in [-0.15, -0.1) is 0 Å². The van der Waals surface area contributed by atoms with Gasteiger partial charge in [-0.1, -0.05) is 220 Å². The van der Waals surface area contributed by atoms with Crippen LogP contribution in [0.3, 0.4) is 0 Å². The lowest BCUT2D eigenvalue weighted by Crippen LogP contribution is -2.40. The first-order valence-corrected chi connectivity index (χ1v) is 22.8. The van der Waals surface area contributed by atoms with Gasteiger partial charge in [-0.05, 0) is 131 Å². The third-order valence-corrected chi connectivity index (χ3v) is 14.2. The SMILES string of the molecule is CC1(C)c2ccccc2C2(c3ccccc3-c3c(-c4ccccc4)cccc32)c2cc(-c3ccc(N(c4ccc(-c5ccccc5)cc4)c4ccc(-c5ccccc5)cc4)cc3)ccc21. The van der Waals surface area contributed by atoms with Crippen molar-refractivity contribution >= 4 is 17.1 Å². The molecule has 10 aromatic carbocycles. The second-order valence-corrected chi connectivity index (χ2v) is 18.0. The highest BCUT2D eigenvalue weighted by Crippen LogP contribution is 2.63. The maximum Gasteiger partial charge on any atom is 0.0719 e. The van der Waals surface area contributed by atoms with Gasteiger partial charge in [0.15, 0.2) is 0 Å². The number of anilines is 3. The summed E-state index contributed by atoms with van der Waals surface area (Å²) in [6.45, 7) is 4.81. The Balaban J connectivity index is 1.00. The van der Waals surface area contributed by atoms with Crippen molar-refractivity contribution in [1.29, 1.82) is 0 Å². The maximum atomic E-state index is 2.52. The highest BCUT2D eigenvalue weighted by molar-refractivity contribution is 5.97. The minimum Gasteiger partial charge on any atom is -0.311 e. The lowest BCUT2D eigenvalue weighted by atomic mass is 9.55. The third kappa shape index (κ3) is 6.15. The largest absolute Gasteiger partial charge is 0.311 e. The van der Waals surface area contributed by atoms with Crippen LogP contribution in [-0.4, -0.2) is 0 Å². The van der Waals surface area contributed by atoms with E-state index in [1.54, 1.807) is 0 Å².